The number of halogens is 4. The highest BCUT2D eigenvalue weighted by Crippen LogP contribution is 2.40. The molecule has 1 aliphatic heterocycles. The van der Waals surface area contributed by atoms with Crippen LogP contribution in [-0.2, 0) is 16.2 Å². The maximum atomic E-state index is 13.0. The summed E-state index contributed by atoms with van der Waals surface area (Å²) in [6.45, 7) is 2.06. The van der Waals surface area contributed by atoms with Crippen molar-refractivity contribution in [1.29, 1.82) is 0 Å². The molecule has 0 atom stereocenters. The smallest absolute Gasteiger partial charge is 0.294 e. The predicted molar refractivity (Wildman–Crippen MR) is 167 cm³/mol. The van der Waals surface area contributed by atoms with Gasteiger partial charge in [0.05, 0.1) is 26.0 Å². The number of carbonyl (C=O) groups is 3. The van der Waals surface area contributed by atoms with Crippen LogP contribution < -0.4 is 14.8 Å². The second-order valence-electron chi connectivity index (χ2n) is 8.12. The molecule has 1 fully saturated rings. The number of thioether (sulfide) groups is 1. The van der Waals surface area contributed by atoms with E-state index < -0.39 is 17.1 Å². The molecule has 12 heteroatoms. The normalized spacial score (nSPS) is 14.2. The van der Waals surface area contributed by atoms with Gasteiger partial charge in [0, 0.05) is 9.26 Å². The Morgan fingerprint density at radius 2 is 1.82 bits per heavy atom. The van der Waals surface area contributed by atoms with E-state index >= 15 is 0 Å². The zero-order valence-electron chi connectivity index (χ0n) is 20.3. The van der Waals surface area contributed by atoms with E-state index in [1.54, 1.807) is 42.5 Å². The maximum absolute atomic E-state index is 13.0. The Labute approximate surface area is 261 Å². The molecule has 7 nitrogen and oxygen atoms in total. The van der Waals surface area contributed by atoms with Crippen molar-refractivity contribution in [3.8, 4) is 11.5 Å². The van der Waals surface area contributed by atoms with Crippen molar-refractivity contribution in [2.45, 2.75) is 13.5 Å². The summed E-state index contributed by atoms with van der Waals surface area (Å²) in [4.78, 5) is 39.1. The van der Waals surface area contributed by atoms with Crippen molar-refractivity contribution in [1.82, 2.24) is 4.90 Å². The Morgan fingerprint density at radius 3 is 2.51 bits per heavy atom. The summed E-state index contributed by atoms with van der Waals surface area (Å²) in [7, 11) is 0. The fourth-order valence-electron chi connectivity index (χ4n) is 3.52. The van der Waals surface area contributed by atoms with Crippen LogP contribution >= 0.6 is 73.5 Å². The second-order valence-corrected chi connectivity index (χ2v) is 12.0. The van der Waals surface area contributed by atoms with Gasteiger partial charge < -0.3 is 14.8 Å². The number of nitrogens with zero attached hydrogens (tertiary/aromatic N) is 1. The third-order valence-electron chi connectivity index (χ3n) is 5.30. The van der Waals surface area contributed by atoms with E-state index in [1.807, 2.05) is 25.1 Å². The standard InChI is InChI=1S/C27H20BrCl2IN2O5S/c1-2-37-22-11-16(9-19(28)25(22)38-14-15-3-8-20(29)21(30)10-15)12-23-26(35)33(27(36)39-23)13-24(34)32-18-6-4-17(31)5-7-18/h3-12H,2,13-14H2,1H3,(H,32,34)/b23-12+. The SMILES string of the molecule is CCOc1cc(/C=C2/SC(=O)N(CC(=O)Nc3ccc(I)cc3)C2=O)cc(Br)c1OCc1ccc(Cl)c(Cl)c1. The van der Waals surface area contributed by atoms with Gasteiger partial charge in [0.15, 0.2) is 11.5 Å². The first-order valence-electron chi connectivity index (χ1n) is 11.5. The van der Waals surface area contributed by atoms with E-state index in [0.717, 1.165) is 25.8 Å². The van der Waals surface area contributed by atoms with E-state index in [0.29, 0.717) is 43.9 Å². The molecule has 1 saturated heterocycles. The molecule has 0 spiro atoms. The van der Waals surface area contributed by atoms with Crippen LogP contribution in [0.2, 0.25) is 10.0 Å². The maximum Gasteiger partial charge on any atom is 0.294 e. The van der Waals surface area contributed by atoms with Crippen molar-refractivity contribution in [2.24, 2.45) is 0 Å². The molecule has 1 N–H and O–H groups in total. The Morgan fingerprint density at radius 1 is 1.08 bits per heavy atom. The third-order valence-corrected chi connectivity index (χ3v) is 8.25. The van der Waals surface area contributed by atoms with Gasteiger partial charge in [-0.15, -0.1) is 0 Å². The van der Waals surface area contributed by atoms with E-state index in [9.17, 15) is 14.4 Å². The number of amides is 3. The summed E-state index contributed by atoms with van der Waals surface area (Å²) in [6.07, 6.45) is 1.58. The Bertz CT molecular complexity index is 1470. The second kappa shape index (κ2) is 13.4. The van der Waals surface area contributed by atoms with Crippen LogP contribution in [0.5, 0.6) is 11.5 Å². The molecular formula is C27H20BrCl2IN2O5S. The lowest BCUT2D eigenvalue weighted by Gasteiger charge is -2.15. The molecule has 3 aromatic rings. The van der Waals surface area contributed by atoms with Gasteiger partial charge in [-0.25, -0.2) is 0 Å². The molecule has 202 valence electrons. The molecule has 0 bridgehead atoms. The van der Waals surface area contributed by atoms with Crippen molar-refractivity contribution >= 4 is 102 Å². The Hall–Kier alpha value is -2.25. The lowest BCUT2D eigenvalue weighted by molar-refractivity contribution is -0.127. The van der Waals surface area contributed by atoms with Crippen LogP contribution in [0, 0.1) is 3.57 Å². The lowest BCUT2D eigenvalue weighted by Crippen LogP contribution is -2.36. The topological polar surface area (TPSA) is 84.9 Å². The molecule has 0 aromatic heterocycles. The number of nitrogens with one attached hydrogen (secondary N) is 1. The number of rotatable bonds is 9. The highest BCUT2D eigenvalue weighted by Gasteiger charge is 2.36. The van der Waals surface area contributed by atoms with Crippen LogP contribution in [0.25, 0.3) is 6.08 Å². The van der Waals surface area contributed by atoms with E-state index in [1.165, 1.54) is 0 Å². The molecule has 0 saturated carbocycles. The first-order valence-corrected chi connectivity index (χ1v) is 14.9. The molecule has 3 aromatic carbocycles. The van der Waals surface area contributed by atoms with E-state index in [2.05, 4.69) is 43.8 Å². The molecule has 0 aliphatic carbocycles. The van der Waals surface area contributed by atoms with Crippen LogP contribution in [0.15, 0.2) is 64.0 Å². The monoisotopic (exact) mass is 760 g/mol. The number of imide groups is 1. The summed E-state index contributed by atoms with van der Waals surface area (Å²) < 4.78 is 13.4. The number of hydrogen-bond acceptors (Lipinski definition) is 6. The molecule has 0 radical (unpaired) electrons. The van der Waals surface area contributed by atoms with Crippen molar-refractivity contribution in [3.05, 3.63) is 88.7 Å². The quantitative estimate of drug-likeness (QED) is 0.176. The fraction of sp³-hybridized carbons (Fsp3) is 0.148. The van der Waals surface area contributed by atoms with Crippen LogP contribution in [0.3, 0.4) is 0 Å². The van der Waals surface area contributed by atoms with Crippen LogP contribution in [0.1, 0.15) is 18.1 Å². The summed E-state index contributed by atoms with van der Waals surface area (Å²) in [5.41, 5.74) is 2.02. The number of benzene rings is 3. The van der Waals surface area contributed by atoms with Crippen molar-refractivity contribution in [3.63, 3.8) is 0 Å². The van der Waals surface area contributed by atoms with Gasteiger partial charge in [-0.05, 0) is 123 Å². The highest BCUT2D eigenvalue weighted by molar-refractivity contribution is 14.1. The Balaban J connectivity index is 1.48. The lowest BCUT2D eigenvalue weighted by atomic mass is 10.1. The minimum Gasteiger partial charge on any atom is -0.490 e. The Kier molecular flexibility index (Phi) is 10.2. The molecule has 1 aliphatic rings. The summed E-state index contributed by atoms with van der Waals surface area (Å²) in [6, 6.07) is 15.9. The highest BCUT2D eigenvalue weighted by atomic mass is 127. The van der Waals surface area contributed by atoms with Crippen molar-refractivity contribution < 1.29 is 23.9 Å². The molecule has 4 rings (SSSR count). The molecule has 1 heterocycles. The van der Waals surface area contributed by atoms with E-state index in [4.69, 9.17) is 32.7 Å². The summed E-state index contributed by atoms with van der Waals surface area (Å²) in [5.74, 6) is -0.0869. The number of ether oxygens (including phenoxy) is 2. The van der Waals surface area contributed by atoms with E-state index in [-0.39, 0.29) is 18.1 Å². The van der Waals surface area contributed by atoms with Gasteiger partial charge in [0.1, 0.15) is 13.2 Å². The molecule has 0 unspecified atom stereocenters. The number of carbonyl (C=O) groups excluding carboxylic acids is 3. The third kappa shape index (κ3) is 7.69. The van der Waals surface area contributed by atoms with Gasteiger partial charge >= 0.3 is 0 Å². The summed E-state index contributed by atoms with van der Waals surface area (Å²) >= 11 is 18.5. The average Bonchev–Trinajstić information content (AvgIpc) is 3.14. The van der Waals surface area contributed by atoms with Gasteiger partial charge in [-0.2, -0.15) is 0 Å². The van der Waals surface area contributed by atoms with Gasteiger partial charge in [0.2, 0.25) is 5.91 Å². The predicted octanol–water partition coefficient (Wildman–Crippen LogP) is 8.01. The largest absolute Gasteiger partial charge is 0.490 e. The molecule has 3 amide bonds. The van der Waals surface area contributed by atoms with Gasteiger partial charge in [-0.3, -0.25) is 19.3 Å². The first kappa shape index (κ1) is 29.7. The van der Waals surface area contributed by atoms with Crippen LogP contribution in [-0.4, -0.2) is 35.1 Å². The zero-order chi connectivity index (χ0) is 28.1. The minimum atomic E-state index is -0.545. The number of hydrogen-bond donors (Lipinski definition) is 1. The first-order chi connectivity index (χ1) is 18.6. The number of anilines is 1. The summed E-state index contributed by atoms with van der Waals surface area (Å²) in [5, 5.41) is 3.06. The zero-order valence-corrected chi connectivity index (χ0v) is 26.4. The molecular weight excluding hydrogens is 742 g/mol. The fourth-order valence-corrected chi connectivity index (χ4v) is 5.62. The van der Waals surface area contributed by atoms with Gasteiger partial charge in [-0.1, -0.05) is 29.3 Å². The van der Waals surface area contributed by atoms with Crippen molar-refractivity contribution in [2.75, 3.05) is 18.5 Å². The van der Waals surface area contributed by atoms with Crippen LogP contribution in [0.4, 0.5) is 10.5 Å². The molecule has 39 heavy (non-hydrogen) atoms. The van der Waals surface area contributed by atoms with Gasteiger partial charge in [0.25, 0.3) is 11.1 Å². The minimum absolute atomic E-state index is 0.195. The average molecular weight is 762 g/mol.